The van der Waals surface area contributed by atoms with Crippen LogP contribution >= 0.6 is 0 Å². The third kappa shape index (κ3) is 5.85. The highest BCUT2D eigenvalue weighted by Crippen LogP contribution is 2.14. The Labute approximate surface area is 106 Å². The third-order valence-electron chi connectivity index (χ3n) is 3.48. The van der Waals surface area contributed by atoms with Crippen molar-refractivity contribution in [1.29, 1.82) is 0 Å². The average Bonchev–Trinajstić information content (AvgIpc) is 2.38. The number of nitrogens with two attached hydrogens (primary N) is 1. The molecule has 2 nitrogen and oxygen atoms in total. The second kappa shape index (κ2) is 8.26. The van der Waals surface area contributed by atoms with Gasteiger partial charge in [0, 0.05) is 6.04 Å². The molecule has 2 heteroatoms. The van der Waals surface area contributed by atoms with Gasteiger partial charge in [-0.25, -0.2) is 0 Å². The quantitative estimate of drug-likeness (QED) is 0.535. The van der Waals surface area contributed by atoms with Gasteiger partial charge in [0.05, 0.1) is 0 Å². The van der Waals surface area contributed by atoms with Crippen molar-refractivity contribution < 1.29 is 0 Å². The Bertz CT molecular complexity index is 284. The molecule has 0 aromatic heterocycles. The fourth-order valence-electron chi connectivity index (χ4n) is 2.12. The summed E-state index contributed by atoms with van der Waals surface area (Å²) in [4.78, 5) is 0. The summed E-state index contributed by atoms with van der Waals surface area (Å²) in [5, 5.41) is 0. The molecule has 1 aromatic carbocycles. The second-order valence-corrected chi connectivity index (χ2v) is 4.99. The van der Waals surface area contributed by atoms with E-state index < -0.39 is 0 Å². The van der Waals surface area contributed by atoms with Gasteiger partial charge in [-0.05, 0) is 37.2 Å². The molecule has 0 heterocycles. The van der Waals surface area contributed by atoms with E-state index in [9.17, 15) is 0 Å². The van der Waals surface area contributed by atoms with E-state index in [2.05, 4.69) is 49.6 Å². The van der Waals surface area contributed by atoms with Gasteiger partial charge < -0.3 is 0 Å². The molecule has 2 atom stereocenters. The van der Waals surface area contributed by atoms with Crippen LogP contribution in [-0.2, 0) is 6.42 Å². The lowest BCUT2D eigenvalue weighted by Gasteiger charge is -2.19. The molecule has 17 heavy (non-hydrogen) atoms. The molecule has 0 fully saturated rings. The first-order valence-electron chi connectivity index (χ1n) is 6.76. The van der Waals surface area contributed by atoms with Gasteiger partial charge in [-0.1, -0.05) is 50.6 Å². The molecular formula is C15H26N2. The van der Waals surface area contributed by atoms with Crippen LogP contribution in [0.3, 0.4) is 0 Å². The number of aryl methyl sites for hydroxylation is 1. The number of nitrogens with one attached hydrogen (secondary N) is 1. The number of rotatable bonds is 8. The van der Waals surface area contributed by atoms with E-state index in [-0.39, 0.29) is 0 Å². The van der Waals surface area contributed by atoms with Crippen LogP contribution in [-0.4, -0.2) is 6.04 Å². The zero-order chi connectivity index (χ0) is 12.5. The molecule has 2 unspecified atom stereocenters. The van der Waals surface area contributed by atoms with Crippen LogP contribution in [0, 0.1) is 5.92 Å². The summed E-state index contributed by atoms with van der Waals surface area (Å²) in [6.45, 7) is 4.53. The van der Waals surface area contributed by atoms with Crippen molar-refractivity contribution in [2.24, 2.45) is 11.8 Å². The van der Waals surface area contributed by atoms with Crippen molar-refractivity contribution in [2.45, 2.75) is 52.0 Å². The summed E-state index contributed by atoms with van der Waals surface area (Å²) in [5.74, 6) is 6.36. The van der Waals surface area contributed by atoms with E-state index in [1.54, 1.807) is 0 Å². The lowest BCUT2D eigenvalue weighted by atomic mass is 9.95. The van der Waals surface area contributed by atoms with Crippen LogP contribution in [0.25, 0.3) is 0 Å². The zero-order valence-corrected chi connectivity index (χ0v) is 11.2. The fraction of sp³-hybridized carbons (Fsp3) is 0.600. The van der Waals surface area contributed by atoms with Crippen LogP contribution in [0.4, 0.5) is 0 Å². The van der Waals surface area contributed by atoms with Crippen molar-refractivity contribution in [1.82, 2.24) is 5.43 Å². The minimum absolute atomic E-state index is 0.466. The van der Waals surface area contributed by atoms with Crippen molar-refractivity contribution in [3.05, 3.63) is 35.9 Å². The lowest BCUT2D eigenvalue weighted by molar-refractivity contribution is 0.375. The molecule has 0 bridgehead atoms. The van der Waals surface area contributed by atoms with E-state index in [0.29, 0.717) is 6.04 Å². The smallest absolute Gasteiger partial charge is 0.0213 e. The normalized spacial score (nSPS) is 14.5. The Morgan fingerprint density at radius 3 is 2.53 bits per heavy atom. The Morgan fingerprint density at radius 1 is 1.24 bits per heavy atom. The van der Waals surface area contributed by atoms with E-state index in [1.165, 1.54) is 24.8 Å². The predicted octanol–water partition coefficient (Wildman–Crippen LogP) is 3.28. The predicted molar refractivity (Wildman–Crippen MR) is 74.6 cm³/mol. The van der Waals surface area contributed by atoms with Crippen molar-refractivity contribution in [3.8, 4) is 0 Å². The van der Waals surface area contributed by atoms with E-state index in [0.717, 1.165) is 18.8 Å². The molecule has 0 aliphatic carbocycles. The molecule has 0 radical (unpaired) electrons. The largest absolute Gasteiger partial charge is 0.271 e. The van der Waals surface area contributed by atoms with Crippen molar-refractivity contribution in [2.75, 3.05) is 0 Å². The second-order valence-electron chi connectivity index (χ2n) is 4.99. The Morgan fingerprint density at radius 2 is 1.94 bits per heavy atom. The average molecular weight is 234 g/mol. The minimum Gasteiger partial charge on any atom is -0.271 e. The zero-order valence-electron chi connectivity index (χ0n) is 11.2. The van der Waals surface area contributed by atoms with E-state index in [1.807, 2.05) is 0 Å². The van der Waals surface area contributed by atoms with Gasteiger partial charge in [0.1, 0.15) is 0 Å². The number of hydrazine groups is 1. The van der Waals surface area contributed by atoms with Gasteiger partial charge in [-0.15, -0.1) is 0 Å². The molecule has 0 saturated carbocycles. The first-order valence-corrected chi connectivity index (χ1v) is 6.76. The molecule has 0 aliphatic heterocycles. The number of hydrogen-bond acceptors (Lipinski definition) is 2. The molecule has 0 amide bonds. The van der Waals surface area contributed by atoms with E-state index in [4.69, 9.17) is 5.84 Å². The Kier molecular flexibility index (Phi) is 6.90. The third-order valence-corrected chi connectivity index (χ3v) is 3.48. The number of benzene rings is 1. The van der Waals surface area contributed by atoms with Crippen LogP contribution in [0.5, 0.6) is 0 Å². The van der Waals surface area contributed by atoms with Gasteiger partial charge in [-0.3, -0.25) is 11.3 Å². The van der Waals surface area contributed by atoms with Gasteiger partial charge >= 0.3 is 0 Å². The summed E-state index contributed by atoms with van der Waals surface area (Å²) in [7, 11) is 0. The summed E-state index contributed by atoms with van der Waals surface area (Å²) in [6.07, 6.45) is 5.93. The van der Waals surface area contributed by atoms with Gasteiger partial charge in [0.15, 0.2) is 0 Å². The molecule has 3 N–H and O–H groups in total. The molecule has 96 valence electrons. The monoisotopic (exact) mass is 234 g/mol. The summed E-state index contributed by atoms with van der Waals surface area (Å²) in [5.41, 5.74) is 4.38. The Hall–Kier alpha value is -0.860. The maximum Gasteiger partial charge on any atom is 0.0213 e. The first-order chi connectivity index (χ1) is 8.26. The van der Waals surface area contributed by atoms with Gasteiger partial charge in [0.2, 0.25) is 0 Å². The topological polar surface area (TPSA) is 38.0 Å². The molecule has 1 aromatic rings. The van der Waals surface area contributed by atoms with Gasteiger partial charge in [0.25, 0.3) is 0 Å². The van der Waals surface area contributed by atoms with Crippen LogP contribution in [0.1, 0.15) is 45.1 Å². The van der Waals surface area contributed by atoms with Crippen LogP contribution in [0.2, 0.25) is 0 Å². The first kappa shape index (κ1) is 14.2. The maximum absolute atomic E-state index is 5.61. The molecule has 0 aliphatic rings. The maximum atomic E-state index is 5.61. The highest BCUT2D eigenvalue weighted by Gasteiger charge is 2.10. The van der Waals surface area contributed by atoms with Crippen LogP contribution in [0.15, 0.2) is 30.3 Å². The standard InChI is InChI=1S/C15H26N2/c1-3-13(2)12-15(17-16)11-7-10-14-8-5-4-6-9-14/h4-6,8-9,13,15,17H,3,7,10-12,16H2,1-2H3. The van der Waals surface area contributed by atoms with Crippen LogP contribution < -0.4 is 11.3 Å². The van der Waals surface area contributed by atoms with Crippen molar-refractivity contribution in [3.63, 3.8) is 0 Å². The fourth-order valence-corrected chi connectivity index (χ4v) is 2.12. The lowest BCUT2D eigenvalue weighted by Crippen LogP contribution is -2.36. The molecule has 0 spiro atoms. The summed E-state index contributed by atoms with van der Waals surface area (Å²) >= 11 is 0. The van der Waals surface area contributed by atoms with Gasteiger partial charge in [-0.2, -0.15) is 0 Å². The summed E-state index contributed by atoms with van der Waals surface area (Å²) < 4.78 is 0. The van der Waals surface area contributed by atoms with Crippen molar-refractivity contribution >= 4 is 0 Å². The number of hydrogen-bond donors (Lipinski definition) is 2. The Balaban J connectivity index is 2.24. The highest BCUT2D eigenvalue weighted by molar-refractivity contribution is 5.14. The van der Waals surface area contributed by atoms with E-state index >= 15 is 0 Å². The molecule has 1 rings (SSSR count). The SMILES string of the molecule is CCC(C)CC(CCCc1ccccc1)NN. The summed E-state index contributed by atoms with van der Waals surface area (Å²) in [6, 6.07) is 11.1. The highest BCUT2D eigenvalue weighted by atomic mass is 15.2. The molecule has 0 saturated heterocycles. The minimum atomic E-state index is 0.466. The molecular weight excluding hydrogens is 208 g/mol.